The summed E-state index contributed by atoms with van der Waals surface area (Å²) in [6.45, 7) is 7.59. The highest BCUT2D eigenvalue weighted by Gasteiger charge is 2.49. The van der Waals surface area contributed by atoms with E-state index in [9.17, 15) is 5.11 Å². The van der Waals surface area contributed by atoms with Crippen LogP contribution < -0.4 is 0 Å². The van der Waals surface area contributed by atoms with Crippen LogP contribution >= 0.6 is 0 Å². The maximum absolute atomic E-state index is 11.0. The second-order valence-corrected chi connectivity index (χ2v) is 6.28. The summed E-state index contributed by atoms with van der Waals surface area (Å²) in [7, 11) is 3.09. The van der Waals surface area contributed by atoms with Gasteiger partial charge >= 0.3 is 0 Å². The van der Waals surface area contributed by atoms with Gasteiger partial charge in [0.1, 0.15) is 11.6 Å². The number of aliphatic imine (C=N–C) groups is 2. The molecule has 0 aromatic heterocycles. The molecule has 0 aromatic carbocycles. The Balaban J connectivity index is 2.32. The van der Waals surface area contributed by atoms with Gasteiger partial charge in [-0.2, -0.15) is 0 Å². The highest BCUT2D eigenvalue weighted by Crippen LogP contribution is 2.31. The molecule has 0 fully saturated rings. The van der Waals surface area contributed by atoms with E-state index in [1.165, 1.54) is 7.11 Å². The Morgan fingerprint density at radius 2 is 1.86 bits per heavy atom. The van der Waals surface area contributed by atoms with Crippen LogP contribution in [0.3, 0.4) is 0 Å². The van der Waals surface area contributed by atoms with Crippen LogP contribution in [0.4, 0.5) is 0 Å². The standard InChI is InChI=1S/C15H25N3O4/c1-8(2)11-13(20-5)17-12(14(16-11)21-6)15(4,19)10-7-9(3)18-22-10/h8,10-12,19H,7H2,1-6H3/t10-,11-,12-,15-/m1/s1. The largest absolute Gasteiger partial charge is 0.483 e. The molecule has 124 valence electrons. The highest BCUT2D eigenvalue weighted by molar-refractivity contribution is 5.95. The number of nitrogens with zero attached hydrogens (tertiary/aromatic N) is 3. The minimum absolute atomic E-state index is 0.211. The predicted molar refractivity (Wildman–Crippen MR) is 84.5 cm³/mol. The van der Waals surface area contributed by atoms with E-state index in [0.29, 0.717) is 18.2 Å². The molecule has 2 rings (SSSR count). The van der Waals surface area contributed by atoms with Crippen molar-refractivity contribution < 1.29 is 19.4 Å². The van der Waals surface area contributed by atoms with Crippen LogP contribution in [-0.2, 0) is 14.3 Å². The van der Waals surface area contributed by atoms with Crippen molar-refractivity contribution in [2.75, 3.05) is 14.2 Å². The first-order valence-corrected chi connectivity index (χ1v) is 7.46. The summed E-state index contributed by atoms with van der Waals surface area (Å²) in [6.07, 6.45) is 0.0571. The summed E-state index contributed by atoms with van der Waals surface area (Å²) in [5.74, 6) is 1.09. The topological polar surface area (TPSA) is 85.0 Å². The maximum Gasteiger partial charge on any atom is 0.212 e. The van der Waals surface area contributed by atoms with Crippen LogP contribution in [0.2, 0.25) is 0 Å². The van der Waals surface area contributed by atoms with Gasteiger partial charge in [-0.1, -0.05) is 19.0 Å². The predicted octanol–water partition coefficient (Wildman–Crippen LogP) is 1.40. The van der Waals surface area contributed by atoms with Crippen LogP contribution in [0.5, 0.6) is 0 Å². The Morgan fingerprint density at radius 1 is 1.23 bits per heavy atom. The molecule has 2 heterocycles. The molecule has 7 nitrogen and oxygen atoms in total. The second kappa shape index (κ2) is 6.24. The van der Waals surface area contributed by atoms with Crippen molar-refractivity contribution in [3.05, 3.63) is 0 Å². The van der Waals surface area contributed by atoms with Gasteiger partial charge in [-0.05, 0) is 19.8 Å². The van der Waals surface area contributed by atoms with E-state index in [1.807, 2.05) is 20.8 Å². The molecule has 0 spiro atoms. The minimum atomic E-state index is -1.30. The van der Waals surface area contributed by atoms with E-state index in [4.69, 9.17) is 14.3 Å². The third kappa shape index (κ3) is 2.95. The summed E-state index contributed by atoms with van der Waals surface area (Å²) < 4.78 is 10.8. The van der Waals surface area contributed by atoms with E-state index < -0.39 is 17.7 Å². The van der Waals surface area contributed by atoms with Crippen LogP contribution in [0.25, 0.3) is 0 Å². The lowest BCUT2D eigenvalue weighted by Crippen LogP contribution is -2.55. The first-order valence-electron chi connectivity index (χ1n) is 7.46. The maximum atomic E-state index is 11.0. The van der Waals surface area contributed by atoms with Crippen molar-refractivity contribution in [2.24, 2.45) is 21.1 Å². The molecule has 4 atom stereocenters. The molecule has 22 heavy (non-hydrogen) atoms. The van der Waals surface area contributed by atoms with Crippen molar-refractivity contribution in [3.63, 3.8) is 0 Å². The molecule has 0 saturated carbocycles. The van der Waals surface area contributed by atoms with Crippen molar-refractivity contribution in [1.29, 1.82) is 0 Å². The highest BCUT2D eigenvalue weighted by atomic mass is 16.7. The third-order valence-corrected chi connectivity index (χ3v) is 4.08. The molecule has 0 aromatic rings. The SMILES string of the molecule is COC1=N[C@H](C(C)C)C(OC)=N[C@H]1[C@](C)(O)[C@H]1CC(C)=NO1. The second-order valence-electron chi connectivity index (χ2n) is 6.28. The zero-order chi connectivity index (χ0) is 16.5. The van der Waals surface area contributed by atoms with Crippen LogP contribution in [0.1, 0.15) is 34.1 Å². The number of hydrogen-bond acceptors (Lipinski definition) is 7. The van der Waals surface area contributed by atoms with Crippen molar-refractivity contribution in [1.82, 2.24) is 0 Å². The summed E-state index contributed by atoms with van der Waals surface area (Å²) in [5, 5.41) is 14.9. The van der Waals surface area contributed by atoms with E-state index in [0.717, 1.165) is 5.71 Å². The number of oxime groups is 1. The van der Waals surface area contributed by atoms with Gasteiger partial charge in [0.2, 0.25) is 11.8 Å². The Hall–Kier alpha value is -1.63. The molecule has 0 amide bonds. The van der Waals surface area contributed by atoms with E-state index >= 15 is 0 Å². The molecule has 0 bridgehead atoms. The Labute approximate surface area is 131 Å². The number of ether oxygens (including phenoxy) is 2. The van der Waals surface area contributed by atoms with Crippen molar-refractivity contribution >= 4 is 17.5 Å². The van der Waals surface area contributed by atoms with Gasteiger partial charge in [-0.15, -0.1) is 0 Å². The van der Waals surface area contributed by atoms with Crippen molar-refractivity contribution in [3.8, 4) is 0 Å². The molecular weight excluding hydrogens is 286 g/mol. The Morgan fingerprint density at radius 3 is 2.32 bits per heavy atom. The average Bonchev–Trinajstić information content (AvgIpc) is 2.92. The first-order chi connectivity index (χ1) is 10.3. The van der Waals surface area contributed by atoms with Crippen LogP contribution in [-0.4, -0.2) is 60.6 Å². The molecule has 0 unspecified atom stereocenters. The molecule has 0 radical (unpaired) electrons. The zero-order valence-electron chi connectivity index (χ0n) is 14.0. The summed E-state index contributed by atoms with van der Waals surface area (Å²) in [5.41, 5.74) is -0.463. The van der Waals surface area contributed by atoms with Gasteiger partial charge in [0.05, 0.1) is 19.9 Å². The number of aliphatic hydroxyl groups is 1. The van der Waals surface area contributed by atoms with Gasteiger partial charge in [0.15, 0.2) is 12.1 Å². The van der Waals surface area contributed by atoms with E-state index in [2.05, 4.69) is 15.1 Å². The fraction of sp³-hybridized carbons (Fsp3) is 0.800. The van der Waals surface area contributed by atoms with Gasteiger partial charge < -0.3 is 19.4 Å². The average molecular weight is 311 g/mol. The zero-order valence-corrected chi connectivity index (χ0v) is 14.0. The fourth-order valence-corrected chi connectivity index (χ4v) is 2.66. The molecule has 2 aliphatic heterocycles. The Kier molecular flexibility index (Phi) is 4.75. The lowest BCUT2D eigenvalue weighted by Gasteiger charge is -2.36. The molecule has 7 heteroatoms. The summed E-state index contributed by atoms with van der Waals surface area (Å²) in [4.78, 5) is 14.5. The normalized spacial score (nSPS) is 30.9. The summed E-state index contributed by atoms with van der Waals surface area (Å²) >= 11 is 0. The molecule has 0 aliphatic carbocycles. The number of hydrogen-bond donors (Lipinski definition) is 1. The van der Waals surface area contributed by atoms with Gasteiger partial charge in [-0.3, -0.25) is 0 Å². The number of rotatable bonds is 3. The minimum Gasteiger partial charge on any atom is -0.483 e. The lowest BCUT2D eigenvalue weighted by atomic mass is 9.86. The van der Waals surface area contributed by atoms with E-state index in [1.54, 1.807) is 14.0 Å². The van der Waals surface area contributed by atoms with Gasteiger partial charge in [-0.25, -0.2) is 9.98 Å². The first kappa shape index (κ1) is 16.7. The fourth-order valence-electron chi connectivity index (χ4n) is 2.66. The summed E-state index contributed by atoms with van der Waals surface area (Å²) in [6, 6.07) is -0.900. The number of methoxy groups -OCH3 is 2. The van der Waals surface area contributed by atoms with Gasteiger partial charge in [0, 0.05) is 6.42 Å². The Bertz CT molecular complexity index is 511. The molecular formula is C15H25N3O4. The van der Waals surface area contributed by atoms with E-state index in [-0.39, 0.29) is 12.0 Å². The quantitative estimate of drug-likeness (QED) is 0.853. The smallest absolute Gasteiger partial charge is 0.212 e. The molecule has 1 N–H and O–H groups in total. The third-order valence-electron chi connectivity index (χ3n) is 4.08. The van der Waals surface area contributed by atoms with Crippen LogP contribution in [0.15, 0.2) is 15.1 Å². The van der Waals surface area contributed by atoms with Crippen LogP contribution in [0, 0.1) is 5.92 Å². The van der Waals surface area contributed by atoms with Gasteiger partial charge in [0.25, 0.3) is 0 Å². The molecule has 0 saturated heterocycles. The monoisotopic (exact) mass is 311 g/mol. The lowest BCUT2D eigenvalue weighted by molar-refractivity contribution is -0.0893. The van der Waals surface area contributed by atoms with Crippen molar-refractivity contribution in [2.45, 2.75) is 57.9 Å². The molecule has 2 aliphatic rings.